The quantitative estimate of drug-likeness (QED) is 0.169. The molecule has 212 valence electrons. The maximum Gasteiger partial charge on any atom is 0.336 e. The average molecular weight is 562 g/mol. The summed E-state index contributed by atoms with van der Waals surface area (Å²) in [6.45, 7) is 4.80. The lowest BCUT2D eigenvalue weighted by Gasteiger charge is -2.23. The lowest BCUT2D eigenvalue weighted by molar-refractivity contribution is 0.0651. The van der Waals surface area contributed by atoms with Crippen molar-refractivity contribution < 1.29 is 29.3 Å². The van der Waals surface area contributed by atoms with Crippen molar-refractivity contribution >= 4 is 29.1 Å². The second-order valence-electron chi connectivity index (χ2n) is 10.4. The second kappa shape index (κ2) is 12.2. The number of aryl methyl sites for hydroxylation is 1. The van der Waals surface area contributed by atoms with E-state index in [-0.39, 0.29) is 11.1 Å². The molecule has 0 amide bonds. The van der Waals surface area contributed by atoms with Crippen LogP contribution in [0.2, 0.25) is 0 Å². The smallest absolute Gasteiger partial charge is 0.336 e. The molecule has 1 aliphatic carbocycles. The molecule has 0 bridgehead atoms. The third kappa shape index (κ3) is 5.86. The number of fused-ring (bicyclic) bond motifs is 2. The molecule has 0 fully saturated rings. The van der Waals surface area contributed by atoms with E-state index in [1.807, 2.05) is 67.6 Å². The first kappa shape index (κ1) is 28.5. The van der Waals surface area contributed by atoms with Crippen molar-refractivity contribution in [1.82, 2.24) is 0 Å². The standard InChI is InChI=1S/C35H31NO6/c1-3-4-5-6-17-42-25-14-9-22(10-15-25)23-11-16-26-28(18-23)33(37)29-20-31(35(40)41)30(34(38)39)19-27(29)32(26)36-24-12-7-21(2)8-13-24/h7-16,18-20H,3-6,17H2,1-2H3,(H,38,39)(H,40,41). The zero-order valence-corrected chi connectivity index (χ0v) is 23.5. The van der Waals surface area contributed by atoms with E-state index in [0.29, 0.717) is 29.1 Å². The zero-order valence-electron chi connectivity index (χ0n) is 23.5. The molecule has 4 aromatic carbocycles. The summed E-state index contributed by atoms with van der Waals surface area (Å²) in [6, 6.07) is 23.0. The third-order valence-electron chi connectivity index (χ3n) is 7.37. The van der Waals surface area contributed by atoms with Gasteiger partial charge in [-0.05, 0) is 66.9 Å². The van der Waals surface area contributed by atoms with Gasteiger partial charge in [0, 0.05) is 22.3 Å². The molecule has 0 atom stereocenters. The summed E-state index contributed by atoms with van der Waals surface area (Å²) in [5.74, 6) is -2.43. The molecule has 0 saturated heterocycles. The zero-order chi connectivity index (χ0) is 29.8. The van der Waals surface area contributed by atoms with Crippen LogP contribution in [0.3, 0.4) is 0 Å². The fourth-order valence-corrected chi connectivity index (χ4v) is 5.08. The monoisotopic (exact) mass is 561 g/mol. The molecule has 0 spiro atoms. The summed E-state index contributed by atoms with van der Waals surface area (Å²) in [4.78, 5) is 42.5. The van der Waals surface area contributed by atoms with Crippen LogP contribution in [0.5, 0.6) is 5.75 Å². The number of hydrogen-bond donors (Lipinski definition) is 2. The molecule has 0 saturated carbocycles. The molecule has 42 heavy (non-hydrogen) atoms. The SMILES string of the molecule is CCCCCCOc1ccc(-c2ccc3c(c2)C(=O)c2cc(C(=O)O)c(C(=O)O)cc2C3=Nc2ccc(C)cc2)cc1. The molecular weight excluding hydrogens is 530 g/mol. The van der Waals surface area contributed by atoms with Crippen LogP contribution in [0, 0.1) is 6.92 Å². The predicted octanol–water partition coefficient (Wildman–Crippen LogP) is 7.73. The van der Waals surface area contributed by atoms with E-state index in [0.717, 1.165) is 41.3 Å². The molecule has 0 aromatic heterocycles. The van der Waals surface area contributed by atoms with Gasteiger partial charge >= 0.3 is 11.9 Å². The molecule has 0 aliphatic heterocycles. The molecular formula is C35H31NO6. The Labute approximate surface area is 244 Å². The summed E-state index contributed by atoms with van der Waals surface area (Å²) in [5.41, 5.74) is 4.20. The van der Waals surface area contributed by atoms with Gasteiger partial charge < -0.3 is 14.9 Å². The third-order valence-corrected chi connectivity index (χ3v) is 7.37. The van der Waals surface area contributed by atoms with Crippen molar-refractivity contribution in [2.24, 2.45) is 4.99 Å². The molecule has 1 aliphatic rings. The Morgan fingerprint density at radius 3 is 1.98 bits per heavy atom. The normalized spacial score (nSPS) is 13.0. The summed E-state index contributed by atoms with van der Waals surface area (Å²) in [7, 11) is 0. The van der Waals surface area contributed by atoms with Gasteiger partial charge in [0.2, 0.25) is 0 Å². The van der Waals surface area contributed by atoms with E-state index in [2.05, 4.69) is 6.92 Å². The number of rotatable bonds is 10. The Balaban J connectivity index is 1.57. The van der Waals surface area contributed by atoms with Crippen LogP contribution in [0.4, 0.5) is 5.69 Å². The number of aromatic carboxylic acids is 2. The van der Waals surface area contributed by atoms with Crippen LogP contribution >= 0.6 is 0 Å². The van der Waals surface area contributed by atoms with Crippen LogP contribution in [-0.2, 0) is 0 Å². The first-order valence-electron chi connectivity index (χ1n) is 14.0. The van der Waals surface area contributed by atoms with Gasteiger partial charge in [-0.3, -0.25) is 4.79 Å². The molecule has 2 N–H and O–H groups in total. The van der Waals surface area contributed by atoms with E-state index in [4.69, 9.17) is 9.73 Å². The van der Waals surface area contributed by atoms with Crippen molar-refractivity contribution in [3.8, 4) is 16.9 Å². The minimum Gasteiger partial charge on any atom is -0.494 e. The Hall–Kier alpha value is -5.04. The number of unbranched alkanes of at least 4 members (excludes halogenated alkanes) is 3. The maximum atomic E-state index is 13.8. The minimum atomic E-state index is -1.42. The number of carboxylic acids is 2. The molecule has 7 heteroatoms. The molecule has 0 radical (unpaired) electrons. The van der Waals surface area contributed by atoms with Crippen molar-refractivity contribution in [3.63, 3.8) is 0 Å². The first-order valence-corrected chi connectivity index (χ1v) is 14.0. The Bertz CT molecular complexity index is 1700. The van der Waals surface area contributed by atoms with Crippen LogP contribution < -0.4 is 4.74 Å². The van der Waals surface area contributed by atoms with Gasteiger partial charge in [0.05, 0.1) is 29.1 Å². The summed E-state index contributed by atoms with van der Waals surface area (Å²) >= 11 is 0. The van der Waals surface area contributed by atoms with Crippen LogP contribution in [0.1, 0.15) is 85.9 Å². The Morgan fingerprint density at radius 2 is 1.33 bits per heavy atom. The summed E-state index contributed by atoms with van der Waals surface area (Å²) in [6.07, 6.45) is 4.52. The molecule has 5 rings (SSSR count). The molecule has 0 heterocycles. The number of carbonyl (C=O) groups excluding carboxylic acids is 1. The highest BCUT2D eigenvalue weighted by Gasteiger charge is 2.32. The van der Waals surface area contributed by atoms with Crippen molar-refractivity contribution in [1.29, 1.82) is 0 Å². The van der Waals surface area contributed by atoms with Crippen LogP contribution in [-0.4, -0.2) is 40.3 Å². The predicted molar refractivity (Wildman–Crippen MR) is 162 cm³/mol. The van der Waals surface area contributed by atoms with Crippen molar-refractivity contribution in [3.05, 3.63) is 118 Å². The number of ether oxygens (including phenoxy) is 1. The number of nitrogens with zero attached hydrogens (tertiary/aromatic N) is 1. The van der Waals surface area contributed by atoms with Gasteiger partial charge in [-0.15, -0.1) is 0 Å². The van der Waals surface area contributed by atoms with Crippen molar-refractivity contribution in [2.45, 2.75) is 39.5 Å². The van der Waals surface area contributed by atoms with E-state index in [1.54, 1.807) is 6.07 Å². The number of benzene rings is 4. The van der Waals surface area contributed by atoms with E-state index < -0.39 is 28.8 Å². The molecule has 0 unspecified atom stereocenters. The van der Waals surface area contributed by atoms with E-state index >= 15 is 0 Å². The van der Waals surface area contributed by atoms with Crippen molar-refractivity contribution in [2.75, 3.05) is 6.61 Å². The van der Waals surface area contributed by atoms with E-state index in [9.17, 15) is 24.6 Å². The molecule has 7 nitrogen and oxygen atoms in total. The summed E-state index contributed by atoms with van der Waals surface area (Å²) in [5, 5.41) is 19.5. The number of carboxylic acid groups (broad SMARTS) is 2. The van der Waals surface area contributed by atoms with Gasteiger partial charge in [-0.2, -0.15) is 0 Å². The van der Waals surface area contributed by atoms with Crippen LogP contribution in [0.15, 0.2) is 83.9 Å². The highest BCUT2D eigenvalue weighted by Crippen LogP contribution is 2.35. The highest BCUT2D eigenvalue weighted by atomic mass is 16.5. The van der Waals surface area contributed by atoms with Gasteiger partial charge in [0.25, 0.3) is 0 Å². The highest BCUT2D eigenvalue weighted by molar-refractivity contribution is 6.31. The lowest BCUT2D eigenvalue weighted by atomic mass is 9.80. The lowest BCUT2D eigenvalue weighted by Crippen LogP contribution is -2.24. The van der Waals surface area contributed by atoms with Crippen LogP contribution in [0.25, 0.3) is 11.1 Å². The van der Waals surface area contributed by atoms with Gasteiger partial charge in [-0.25, -0.2) is 14.6 Å². The summed E-state index contributed by atoms with van der Waals surface area (Å²) < 4.78 is 5.87. The van der Waals surface area contributed by atoms with Gasteiger partial charge in [0.15, 0.2) is 5.78 Å². The average Bonchev–Trinajstić information content (AvgIpc) is 2.99. The Kier molecular flexibility index (Phi) is 8.29. The second-order valence-corrected chi connectivity index (χ2v) is 10.4. The van der Waals surface area contributed by atoms with E-state index in [1.165, 1.54) is 18.9 Å². The topological polar surface area (TPSA) is 113 Å². The Morgan fingerprint density at radius 1 is 0.714 bits per heavy atom. The molecule has 4 aromatic rings. The fourth-order valence-electron chi connectivity index (χ4n) is 5.08. The minimum absolute atomic E-state index is 0.0970. The first-order chi connectivity index (χ1) is 20.3. The largest absolute Gasteiger partial charge is 0.494 e. The maximum absolute atomic E-state index is 13.8. The number of ketones is 1. The van der Waals surface area contributed by atoms with Gasteiger partial charge in [0.1, 0.15) is 5.75 Å². The number of carbonyl (C=O) groups is 3. The number of aliphatic imine (C=N–C) groups is 1. The van der Waals surface area contributed by atoms with Gasteiger partial charge in [-0.1, -0.05) is 68.1 Å². The number of hydrogen-bond acceptors (Lipinski definition) is 5. The fraction of sp³-hybridized carbons (Fsp3) is 0.200.